The van der Waals surface area contributed by atoms with Crippen molar-refractivity contribution in [2.75, 3.05) is 44.5 Å². The standard InChI is InChI=1S/C24H25ClFN5O3/c1-31(2)8-3-4-23(32)29-21-11-17-20(12-22(21)34-16-7-9-33-13-16)27-14-28-24(17)30-19-6-5-15(26)10-18(19)25/h3-6,10-12,14,16H,7-9,13H2,1-2H3,(H,29,32)(H,27,28,30)/t16-/m0/s1. The van der Waals surface area contributed by atoms with Crippen LogP contribution in [-0.2, 0) is 9.53 Å². The van der Waals surface area contributed by atoms with Crippen molar-refractivity contribution >= 4 is 45.6 Å². The molecule has 8 nitrogen and oxygen atoms in total. The number of aromatic nitrogens is 2. The molecule has 2 N–H and O–H groups in total. The van der Waals surface area contributed by atoms with Gasteiger partial charge < -0.3 is 25.0 Å². The summed E-state index contributed by atoms with van der Waals surface area (Å²) >= 11 is 6.18. The van der Waals surface area contributed by atoms with Crippen LogP contribution in [0.1, 0.15) is 6.42 Å². The molecule has 0 spiro atoms. The number of halogens is 2. The number of likely N-dealkylation sites (N-methyl/N-ethyl adjacent to an activating group) is 1. The average molecular weight is 486 g/mol. The number of benzene rings is 2. The van der Waals surface area contributed by atoms with E-state index in [1.165, 1.54) is 30.6 Å². The lowest BCUT2D eigenvalue weighted by Gasteiger charge is -2.18. The highest BCUT2D eigenvalue weighted by atomic mass is 35.5. The van der Waals surface area contributed by atoms with Gasteiger partial charge in [-0.1, -0.05) is 17.7 Å². The number of anilines is 3. The molecule has 1 saturated heterocycles. The number of hydrogen-bond acceptors (Lipinski definition) is 7. The molecule has 1 aromatic heterocycles. The maximum Gasteiger partial charge on any atom is 0.248 e. The van der Waals surface area contributed by atoms with E-state index in [-0.39, 0.29) is 17.0 Å². The van der Waals surface area contributed by atoms with Crippen LogP contribution in [0, 0.1) is 5.82 Å². The van der Waals surface area contributed by atoms with Gasteiger partial charge in [0.25, 0.3) is 0 Å². The van der Waals surface area contributed by atoms with Crippen molar-refractivity contribution in [3.05, 3.63) is 59.7 Å². The monoisotopic (exact) mass is 485 g/mol. The van der Waals surface area contributed by atoms with Gasteiger partial charge in [0.2, 0.25) is 5.91 Å². The molecule has 1 atom stereocenters. The summed E-state index contributed by atoms with van der Waals surface area (Å²) in [5.41, 5.74) is 1.57. The van der Waals surface area contributed by atoms with Crippen LogP contribution in [0.15, 0.2) is 48.8 Å². The summed E-state index contributed by atoms with van der Waals surface area (Å²) in [4.78, 5) is 23.2. The molecule has 2 aromatic carbocycles. The average Bonchev–Trinajstić information content (AvgIpc) is 3.29. The highest BCUT2D eigenvalue weighted by molar-refractivity contribution is 6.33. The highest BCUT2D eigenvalue weighted by Crippen LogP contribution is 2.35. The van der Waals surface area contributed by atoms with Gasteiger partial charge in [-0.15, -0.1) is 0 Å². The number of nitrogens with zero attached hydrogens (tertiary/aromatic N) is 3. The van der Waals surface area contributed by atoms with E-state index in [0.29, 0.717) is 53.6 Å². The van der Waals surface area contributed by atoms with Crippen LogP contribution >= 0.6 is 11.6 Å². The summed E-state index contributed by atoms with van der Waals surface area (Å²) in [5, 5.41) is 6.86. The molecule has 1 amide bonds. The van der Waals surface area contributed by atoms with Gasteiger partial charge in [0.1, 0.15) is 29.8 Å². The third kappa shape index (κ3) is 5.99. The van der Waals surface area contributed by atoms with E-state index in [1.54, 1.807) is 18.2 Å². The number of hydrogen-bond donors (Lipinski definition) is 2. The molecular formula is C24H25ClFN5O3. The van der Waals surface area contributed by atoms with E-state index in [4.69, 9.17) is 21.1 Å². The second kappa shape index (κ2) is 10.8. The van der Waals surface area contributed by atoms with Gasteiger partial charge in [-0.3, -0.25) is 4.79 Å². The van der Waals surface area contributed by atoms with Crippen molar-refractivity contribution in [1.29, 1.82) is 0 Å². The zero-order chi connectivity index (χ0) is 24.1. The van der Waals surface area contributed by atoms with Crippen LogP contribution in [0.5, 0.6) is 5.75 Å². The van der Waals surface area contributed by atoms with Crippen molar-refractivity contribution in [1.82, 2.24) is 14.9 Å². The summed E-state index contributed by atoms with van der Waals surface area (Å²) in [6.45, 7) is 1.74. The molecule has 3 aromatic rings. The number of carbonyl (C=O) groups excluding carboxylic acids is 1. The molecule has 178 valence electrons. The molecule has 1 aliphatic heterocycles. The zero-order valence-electron chi connectivity index (χ0n) is 18.8. The molecule has 0 aliphatic carbocycles. The van der Waals surface area contributed by atoms with E-state index < -0.39 is 5.82 Å². The third-order valence-corrected chi connectivity index (χ3v) is 5.41. The van der Waals surface area contributed by atoms with Crippen molar-refractivity contribution < 1.29 is 18.7 Å². The number of fused-ring (bicyclic) bond motifs is 1. The Morgan fingerprint density at radius 3 is 2.88 bits per heavy atom. The Kier molecular flexibility index (Phi) is 7.56. The first kappa shape index (κ1) is 23.9. The molecular weight excluding hydrogens is 461 g/mol. The molecule has 1 fully saturated rings. The minimum atomic E-state index is -0.437. The number of ether oxygens (including phenoxy) is 2. The molecule has 2 heterocycles. The van der Waals surface area contributed by atoms with E-state index in [2.05, 4.69) is 20.6 Å². The third-order valence-electron chi connectivity index (χ3n) is 5.10. The van der Waals surface area contributed by atoms with Gasteiger partial charge in [-0.05, 0) is 38.4 Å². The van der Waals surface area contributed by atoms with E-state index >= 15 is 0 Å². The van der Waals surface area contributed by atoms with Crippen LogP contribution in [0.4, 0.5) is 21.6 Å². The first-order chi connectivity index (χ1) is 16.4. The Hall–Kier alpha value is -3.27. The zero-order valence-corrected chi connectivity index (χ0v) is 19.6. The summed E-state index contributed by atoms with van der Waals surface area (Å²) in [6, 6.07) is 7.55. The topological polar surface area (TPSA) is 88.6 Å². The van der Waals surface area contributed by atoms with E-state index in [1.807, 2.05) is 19.0 Å². The first-order valence-electron chi connectivity index (χ1n) is 10.8. The summed E-state index contributed by atoms with van der Waals surface area (Å²) in [7, 11) is 3.84. The number of nitrogens with one attached hydrogen (secondary N) is 2. The fourth-order valence-electron chi connectivity index (χ4n) is 3.43. The van der Waals surface area contributed by atoms with Crippen molar-refractivity contribution in [3.63, 3.8) is 0 Å². The fourth-order valence-corrected chi connectivity index (χ4v) is 3.64. The van der Waals surface area contributed by atoms with Gasteiger partial charge in [-0.25, -0.2) is 14.4 Å². The largest absolute Gasteiger partial charge is 0.486 e. The van der Waals surface area contributed by atoms with Gasteiger partial charge in [0.05, 0.1) is 35.1 Å². The lowest BCUT2D eigenvalue weighted by Crippen LogP contribution is -2.18. The Morgan fingerprint density at radius 1 is 1.29 bits per heavy atom. The molecule has 0 saturated carbocycles. The van der Waals surface area contributed by atoms with Crippen molar-refractivity contribution in [2.45, 2.75) is 12.5 Å². The Morgan fingerprint density at radius 2 is 2.15 bits per heavy atom. The van der Waals surface area contributed by atoms with Gasteiger partial charge in [-0.2, -0.15) is 0 Å². The second-order valence-corrected chi connectivity index (χ2v) is 8.50. The van der Waals surface area contributed by atoms with Crippen molar-refractivity contribution in [2.24, 2.45) is 0 Å². The summed E-state index contributed by atoms with van der Waals surface area (Å²) in [6.07, 6.45) is 5.30. The minimum Gasteiger partial charge on any atom is -0.486 e. The summed E-state index contributed by atoms with van der Waals surface area (Å²) < 4.78 is 25.0. The van der Waals surface area contributed by atoms with Crippen molar-refractivity contribution in [3.8, 4) is 5.75 Å². The molecule has 0 radical (unpaired) electrons. The predicted molar refractivity (Wildman–Crippen MR) is 130 cm³/mol. The lowest BCUT2D eigenvalue weighted by molar-refractivity contribution is -0.111. The highest BCUT2D eigenvalue weighted by Gasteiger charge is 2.21. The molecule has 4 rings (SSSR count). The van der Waals surface area contributed by atoms with Crippen LogP contribution in [0.2, 0.25) is 5.02 Å². The smallest absolute Gasteiger partial charge is 0.248 e. The van der Waals surface area contributed by atoms with Crippen LogP contribution in [0.25, 0.3) is 10.9 Å². The van der Waals surface area contributed by atoms with E-state index in [9.17, 15) is 9.18 Å². The SMILES string of the molecule is CN(C)CC=CC(=O)Nc1cc2c(Nc3ccc(F)cc3Cl)ncnc2cc1O[C@H]1CCOC1. The number of rotatable bonds is 8. The maximum atomic E-state index is 13.4. The van der Waals surface area contributed by atoms with Gasteiger partial charge in [0.15, 0.2) is 0 Å². The van der Waals surface area contributed by atoms with Crippen LogP contribution < -0.4 is 15.4 Å². The predicted octanol–water partition coefficient (Wildman–Crippen LogP) is 4.39. The number of amides is 1. The van der Waals surface area contributed by atoms with Gasteiger partial charge in [0, 0.05) is 30.5 Å². The normalized spacial score (nSPS) is 15.9. The Balaban J connectivity index is 1.69. The maximum absolute atomic E-state index is 13.4. The molecule has 10 heteroatoms. The van der Waals surface area contributed by atoms with Crippen LogP contribution in [0.3, 0.4) is 0 Å². The molecule has 0 bridgehead atoms. The quantitative estimate of drug-likeness (QED) is 0.457. The summed E-state index contributed by atoms with van der Waals surface area (Å²) in [5.74, 6) is 0.212. The molecule has 34 heavy (non-hydrogen) atoms. The van der Waals surface area contributed by atoms with Gasteiger partial charge >= 0.3 is 0 Å². The molecule has 1 aliphatic rings. The number of carbonyl (C=O) groups is 1. The minimum absolute atomic E-state index is 0.116. The molecule has 0 unspecified atom stereocenters. The van der Waals surface area contributed by atoms with Crippen LogP contribution in [-0.4, -0.2) is 60.7 Å². The second-order valence-electron chi connectivity index (χ2n) is 8.09. The van der Waals surface area contributed by atoms with E-state index in [0.717, 1.165) is 6.42 Å². The first-order valence-corrected chi connectivity index (χ1v) is 11.1. The lowest BCUT2D eigenvalue weighted by atomic mass is 10.1. The fraction of sp³-hybridized carbons (Fsp3) is 0.292. The Labute approximate surface area is 201 Å². The Bertz CT molecular complexity index is 1210.